The maximum atomic E-state index is 12.4. The largest absolute Gasteiger partial charge is 0.444 e. The van der Waals surface area contributed by atoms with Crippen LogP contribution in [0.2, 0.25) is 0 Å². The molecule has 8 nitrogen and oxygen atoms in total. The maximum Gasteiger partial charge on any atom is 0.410 e. The van der Waals surface area contributed by atoms with Gasteiger partial charge in [0.15, 0.2) is 5.13 Å². The van der Waals surface area contributed by atoms with Crippen LogP contribution in [0.3, 0.4) is 0 Å². The molecule has 1 aliphatic rings. The molecule has 1 saturated heterocycles. The molecule has 3 rings (SSSR count). The van der Waals surface area contributed by atoms with Crippen LogP contribution in [0, 0.1) is 10.1 Å². The van der Waals surface area contributed by atoms with Gasteiger partial charge in [-0.05, 0) is 39.7 Å². The van der Waals surface area contributed by atoms with E-state index in [9.17, 15) is 14.9 Å². The van der Waals surface area contributed by atoms with E-state index in [4.69, 9.17) is 4.74 Å². The van der Waals surface area contributed by atoms with Crippen molar-refractivity contribution in [3.8, 4) is 0 Å². The summed E-state index contributed by atoms with van der Waals surface area (Å²) < 4.78 is 6.38. The van der Waals surface area contributed by atoms with Crippen LogP contribution in [-0.2, 0) is 4.74 Å². The number of carbonyl (C=O) groups excluding carboxylic acids is 1. The molecule has 1 fully saturated rings. The van der Waals surface area contributed by atoms with Crippen LogP contribution in [0.15, 0.2) is 18.2 Å². The van der Waals surface area contributed by atoms with Crippen LogP contribution >= 0.6 is 11.3 Å². The number of piperidine rings is 1. The molecule has 0 bridgehead atoms. The summed E-state index contributed by atoms with van der Waals surface area (Å²) in [7, 11) is 1.77. The lowest BCUT2D eigenvalue weighted by Crippen LogP contribution is -2.49. The molecular weight excluding hydrogens is 368 g/mol. The molecule has 2 heterocycles. The summed E-state index contributed by atoms with van der Waals surface area (Å²) in [4.78, 5) is 31.3. The first kappa shape index (κ1) is 19.3. The number of ether oxygens (including phenoxy) is 1. The van der Waals surface area contributed by atoms with Gasteiger partial charge in [0, 0.05) is 32.3 Å². The fourth-order valence-electron chi connectivity index (χ4n) is 3.08. The first-order valence-electron chi connectivity index (χ1n) is 8.90. The lowest BCUT2D eigenvalue weighted by atomic mass is 10.1. The number of thiazole rings is 1. The minimum absolute atomic E-state index is 0.0370. The lowest BCUT2D eigenvalue weighted by molar-refractivity contribution is -0.384. The Morgan fingerprint density at radius 3 is 2.85 bits per heavy atom. The van der Waals surface area contributed by atoms with E-state index >= 15 is 0 Å². The molecule has 0 spiro atoms. The van der Waals surface area contributed by atoms with Gasteiger partial charge in [0.25, 0.3) is 5.69 Å². The fraction of sp³-hybridized carbons (Fsp3) is 0.556. The standard InChI is InChI=1S/C18H24N4O4S/c1-18(2,3)26-17(23)20(4)13-6-5-9-21(11-13)16-19-14-10-12(22(24)25)7-8-15(14)27-16/h7-8,10,13H,5-6,9,11H2,1-4H3/t13-/m1/s1. The Balaban J connectivity index is 1.75. The van der Waals surface area contributed by atoms with Gasteiger partial charge in [-0.2, -0.15) is 0 Å². The van der Waals surface area contributed by atoms with Gasteiger partial charge >= 0.3 is 6.09 Å². The molecule has 27 heavy (non-hydrogen) atoms. The highest BCUT2D eigenvalue weighted by Gasteiger charge is 2.30. The molecule has 0 saturated carbocycles. The van der Waals surface area contributed by atoms with Crippen LogP contribution in [0.4, 0.5) is 15.6 Å². The van der Waals surface area contributed by atoms with Crippen LogP contribution < -0.4 is 4.90 Å². The molecule has 1 atom stereocenters. The number of likely N-dealkylation sites (N-methyl/N-ethyl adjacent to an activating group) is 1. The van der Waals surface area contributed by atoms with Crippen LogP contribution in [-0.4, -0.2) is 52.7 Å². The van der Waals surface area contributed by atoms with Crippen LogP contribution in [0.1, 0.15) is 33.6 Å². The third kappa shape index (κ3) is 4.47. The summed E-state index contributed by atoms with van der Waals surface area (Å²) in [6, 6.07) is 4.78. The second kappa shape index (κ2) is 7.30. The van der Waals surface area contributed by atoms with Crippen molar-refractivity contribution < 1.29 is 14.5 Å². The zero-order chi connectivity index (χ0) is 19.8. The van der Waals surface area contributed by atoms with E-state index in [1.165, 1.54) is 23.5 Å². The number of non-ortho nitro benzene ring substituents is 1. The Labute approximate surface area is 161 Å². The van der Waals surface area contributed by atoms with Crippen molar-refractivity contribution in [1.29, 1.82) is 0 Å². The van der Waals surface area contributed by atoms with Gasteiger partial charge in [-0.15, -0.1) is 0 Å². The number of nitrogens with zero attached hydrogens (tertiary/aromatic N) is 4. The molecule has 1 aromatic heterocycles. The minimum Gasteiger partial charge on any atom is -0.444 e. The molecule has 2 aromatic rings. The summed E-state index contributed by atoms with van der Waals surface area (Å²) >= 11 is 1.51. The number of nitro benzene ring substituents is 1. The first-order valence-corrected chi connectivity index (χ1v) is 9.71. The van der Waals surface area contributed by atoms with E-state index in [1.54, 1.807) is 18.0 Å². The Hall–Kier alpha value is -2.42. The minimum atomic E-state index is -0.526. The summed E-state index contributed by atoms with van der Waals surface area (Å²) in [6.07, 6.45) is 1.52. The van der Waals surface area contributed by atoms with Gasteiger partial charge in [-0.3, -0.25) is 10.1 Å². The van der Waals surface area contributed by atoms with E-state index in [2.05, 4.69) is 9.88 Å². The van der Waals surface area contributed by atoms with Gasteiger partial charge in [-0.25, -0.2) is 9.78 Å². The summed E-state index contributed by atoms with van der Waals surface area (Å²) in [5, 5.41) is 11.8. The van der Waals surface area contributed by atoms with Crippen molar-refractivity contribution >= 4 is 38.5 Å². The number of hydrogen-bond donors (Lipinski definition) is 0. The Kier molecular flexibility index (Phi) is 5.23. The normalized spacial score (nSPS) is 17.8. The molecule has 0 N–H and O–H groups in total. The van der Waals surface area contributed by atoms with Gasteiger partial charge in [0.05, 0.1) is 21.2 Å². The summed E-state index contributed by atoms with van der Waals surface area (Å²) in [5.74, 6) is 0. The monoisotopic (exact) mass is 392 g/mol. The zero-order valence-corrected chi connectivity index (χ0v) is 16.8. The number of fused-ring (bicyclic) bond motifs is 1. The quantitative estimate of drug-likeness (QED) is 0.578. The molecule has 0 aliphatic carbocycles. The van der Waals surface area contributed by atoms with Crippen molar-refractivity contribution in [3.63, 3.8) is 0 Å². The molecule has 1 aromatic carbocycles. The average Bonchev–Trinajstić information content (AvgIpc) is 3.03. The van der Waals surface area contributed by atoms with Gasteiger partial charge in [-0.1, -0.05) is 11.3 Å². The maximum absolute atomic E-state index is 12.4. The van der Waals surface area contributed by atoms with Crippen LogP contribution in [0.25, 0.3) is 10.2 Å². The van der Waals surface area contributed by atoms with Crippen LogP contribution in [0.5, 0.6) is 0 Å². The molecule has 1 aliphatic heterocycles. The predicted molar refractivity (Wildman–Crippen MR) is 106 cm³/mol. The van der Waals surface area contributed by atoms with Crippen molar-refractivity contribution in [2.45, 2.75) is 45.3 Å². The number of hydrogen-bond acceptors (Lipinski definition) is 7. The zero-order valence-electron chi connectivity index (χ0n) is 16.0. The number of nitro groups is 1. The smallest absolute Gasteiger partial charge is 0.410 e. The van der Waals surface area contributed by atoms with Gasteiger partial charge in [0.1, 0.15) is 5.60 Å². The molecule has 9 heteroatoms. The number of rotatable bonds is 3. The number of aromatic nitrogens is 1. The fourth-order valence-corrected chi connectivity index (χ4v) is 4.06. The topological polar surface area (TPSA) is 88.8 Å². The SMILES string of the molecule is CN(C(=O)OC(C)(C)C)[C@@H]1CCCN(c2nc3cc([N+](=O)[O-])ccc3s2)C1. The van der Waals surface area contributed by atoms with E-state index < -0.39 is 10.5 Å². The Morgan fingerprint density at radius 1 is 1.44 bits per heavy atom. The van der Waals surface area contributed by atoms with Crippen molar-refractivity contribution in [3.05, 3.63) is 28.3 Å². The number of benzene rings is 1. The molecule has 0 unspecified atom stereocenters. The first-order chi connectivity index (χ1) is 12.6. The van der Waals surface area contributed by atoms with E-state index in [0.29, 0.717) is 12.1 Å². The number of amides is 1. The van der Waals surface area contributed by atoms with Gasteiger partial charge in [0.2, 0.25) is 0 Å². The summed E-state index contributed by atoms with van der Waals surface area (Å²) in [6.45, 7) is 7.07. The third-order valence-corrected chi connectivity index (χ3v) is 5.56. The highest BCUT2D eigenvalue weighted by Crippen LogP contribution is 2.33. The molecular formula is C18H24N4O4S. The Morgan fingerprint density at radius 2 is 2.19 bits per heavy atom. The Bertz CT molecular complexity index is 861. The number of carbonyl (C=O) groups is 1. The third-order valence-electron chi connectivity index (χ3n) is 4.47. The summed E-state index contributed by atoms with van der Waals surface area (Å²) in [5.41, 5.74) is 0.147. The highest BCUT2D eigenvalue weighted by atomic mass is 32.1. The van der Waals surface area contributed by atoms with Crippen molar-refractivity contribution in [2.75, 3.05) is 25.0 Å². The number of anilines is 1. The van der Waals surface area contributed by atoms with E-state index in [-0.39, 0.29) is 17.8 Å². The van der Waals surface area contributed by atoms with Crippen molar-refractivity contribution in [2.24, 2.45) is 0 Å². The van der Waals surface area contributed by atoms with Crippen molar-refractivity contribution in [1.82, 2.24) is 9.88 Å². The molecule has 1 amide bonds. The average molecular weight is 392 g/mol. The highest BCUT2D eigenvalue weighted by molar-refractivity contribution is 7.22. The van der Waals surface area contributed by atoms with E-state index in [0.717, 1.165) is 29.2 Å². The predicted octanol–water partition coefficient (Wildman–Crippen LogP) is 4.04. The van der Waals surface area contributed by atoms with Gasteiger partial charge < -0.3 is 14.5 Å². The second-order valence-corrected chi connectivity index (χ2v) is 8.75. The molecule has 0 radical (unpaired) electrons. The second-order valence-electron chi connectivity index (χ2n) is 7.74. The molecule has 146 valence electrons. The lowest BCUT2D eigenvalue weighted by Gasteiger charge is -2.38. The van der Waals surface area contributed by atoms with E-state index in [1.807, 2.05) is 20.8 Å².